The fourth-order valence-corrected chi connectivity index (χ4v) is 18.9. The molecule has 2 atom stereocenters. The summed E-state index contributed by atoms with van der Waals surface area (Å²) in [6.07, 6.45) is 13.4. The Labute approximate surface area is 220 Å². The Balaban J connectivity index is 4.09. The molecule has 0 aliphatic heterocycles. The molecule has 0 rings (SSSR count). The van der Waals surface area contributed by atoms with Gasteiger partial charge in [-0.05, 0) is 32.5 Å². The van der Waals surface area contributed by atoms with E-state index in [2.05, 4.69) is 27.7 Å². The molecule has 0 aromatic carbocycles. The third-order valence-electron chi connectivity index (χ3n) is 6.47. The summed E-state index contributed by atoms with van der Waals surface area (Å²) in [6, 6.07) is 5.88. The average molecular weight is 559 g/mol. The molecule has 2 unspecified atom stereocenters. The lowest BCUT2D eigenvalue weighted by Gasteiger charge is -2.25. The van der Waals surface area contributed by atoms with E-state index in [-0.39, 0.29) is 0 Å². The summed E-state index contributed by atoms with van der Waals surface area (Å²) in [6.45, 7) is 9.29. The van der Waals surface area contributed by atoms with Crippen molar-refractivity contribution in [1.82, 2.24) is 0 Å². The van der Waals surface area contributed by atoms with Crippen LogP contribution in [0.1, 0.15) is 91.9 Å². The van der Waals surface area contributed by atoms with Crippen molar-refractivity contribution in [2.45, 2.75) is 128 Å². The van der Waals surface area contributed by atoms with Gasteiger partial charge in [0.2, 0.25) is 0 Å². The van der Waals surface area contributed by atoms with E-state index in [0.717, 1.165) is 0 Å². The van der Waals surface area contributed by atoms with Gasteiger partial charge in [0.25, 0.3) is 0 Å². The van der Waals surface area contributed by atoms with E-state index in [1.54, 1.807) is 0 Å². The summed E-state index contributed by atoms with van der Waals surface area (Å²) in [7, 11) is 10.4. The third kappa shape index (κ3) is 18.1. The maximum atomic E-state index is 5.99. The molecule has 32 heavy (non-hydrogen) atoms. The molecular formula is C24H54O2S4Si2. The first-order valence-corrected chi connectivity index (χ1v) is 23.1. The predicted octanol–water partition coefficient (Wildman–Crippen LogP) is 9.21. The molecule has 0 heterocycles. The number of unbranched alkanes of at least 4 members (excludes halogenated alkanes) is 4. The van der Waals surface area contributed by atoms with Crippen LogP contribution in [-0.4, -0.2) is 54.8 Å². The standard InChI is InChI=1S/C24H54O2S4Si2/c1-7-11-19-31(20-12-8-2)23(25-5)15-17-27-29-30-28-18-16-24(26-6)32(21-13-9-3)22-14-10-4/h23-24,31-32H,7-22H2,1-6H3. The topological polar surface area (TPSA) is 18.5 Å². The molecular weight excluding hydrogens is 505 g/mol. The zero-order valence-electron chi connectivity index (χ0n) is 22.1. The maximum Gasteiger partial charge on any atom is 0.0717 e. The van der Waals surface area contributed by atoms with Crippen LogP contribution in [0.4, 0.5) is 0 Å². The number of hydrogen-bond donors (Lipinski definition) is 0. The van der Waals surface area contributed by atoms with Crippen LogP contribution in [0.5, 0.6) is 0 Å². The Morgan fingerprint density at radius 2 is 0.875 bits per heavy atom. The van der Waals surface area contributed by atoms with Crippen LogP contribution in [0.3, 0.4) is 0 Å². The summed E-state index contributed by atoms with van der Waals surface area (Å²) in [5, 5.41) is 0. The number of ether oxygens (including phenoxy) is 2. The number of hydrogen-bond acceptors (Lipinski definition) is 6. The summed E-state index contributed by atoms with van der Waals surface area (Å²) in [5.41, 5.74) is 1.16. The van der Waals surface area contributed by atoms with Gasteiger partial charge in [0.1, 0.15) is 0 Å². The minimum Gasteiger partial charge on any atom is -0.385 e. The molecule has 0 bridgehead atoms. The lowest BCUT2D eigenvalue weighted by molar-refractivity contribution is 0.157. The summed E-state index contributed by atoms with van der Waals surface area (Å²) in [4.78, 5) is 0. The van der Waals surface area contributed by atoms with Crippen LogP contribution < -0.4 is 0 Å². The van der Waals surface area contributed by atoms with Crippen LogP contribution in [0, 0.1) is 0 Å². The Hall–Kier alpha value is 1.75. The van der Waals surface area contributed by atoms with Crippen molar-refractivity contribution in [2.24, 2.45) is 0 Å². The van der Waals surface area contributed by atoms with E-state index in [0.29, 0.717) is 11.5 Å². The highest BCUT2D eigenvalue weighted by atomic mass is 33.7. The molecule has 194 valence electrons. The van der Waals surface area contributed by atoms with Crippen molar-refractivity contribution in [3.05, 3.63) is 0 Å². The molecule has 0 aliphatic rings. The van der Waals surface area contributed by atoms with E-state index in [1.165, 1.54) is 99.9 Å². The van der Waals surface area contributed by atoms with E-state index in [4.69, 9.17) is 9.47 Å². The molecule has 0 aliphatic carbocycles. The molecule has 0 spiro atoms. The summed E-state index contributed by atoms with van der Waals surface area (Å²) in [5.74, 6) is 2.45. The van der Waals surface area contributed by atoms with Gasteiger partial charge in [-0.25, -0.2) is 0 Å². The number of methoxy groups -OCH3 is 2. The van der Waals surface area contributed by atoms with Gasteiger partial charge in [-0.3, -0.25) is 0 Å². The lowest BCUT2D eigenvalue weighted by atomic mass is 10.4. The van der Waals surface area contributed by atoms with Gasteiger partial charge >= 0.3 is 0 Å². The predicted molar refractivity (Wildman–Crippen MR) is 164 cm³/mol. The highest BCUT2D eigenvalue weighted by molar-refractivity contribution is 9.26. The Morgan fingerprint density at radius 1 is 0.562 bits per heavy atom. The van der Waals surface area contributed by atoms with Crippen LogP contribution in [0.25, 0.3) is 0 Å². The van der Waals surface area contributed by atoms with Crippen molar-refractivity contribution >= 4 is 58.8 Å². The zero-order chi connectivity index (χ0) is 23.9. The molecule has 0 N–H and O–H groups in total. The van der Waals surface area contributed by atoms with Gasteiger partial charge in [-0.2, -0.15) is 0 Å². The fraction of sp³-hybridized carbons (Fsp3) is 1.00. The summed E-state index contributed by atoms with van der Waals surface area (Å²) < 4.78 is 12.0. The lowest BCUT2D eigenvalue weighted by Crippen LogP contribution is -2.33. The first-order chi connectivity index (χ1) is 15.7. The van der Waals surface area contributed by atoms with Crippen molar-refractivity contribution in [2.75, 3.05) is 25.7 Å². The molecule has 0 fully saturated rings. The monoisotopic (exact) mass is 558 g/mol. The molecule has 2 nitrogen and oxygen atoms in total. The molecule has 0 aromatic heterocycles. The smallest absolute Gasteiger partial charge is 0.0717 e. The largest absolute Gasteiger partial charge is 0.385 e. The zero-order valence-corrected chi connectivity index (χ0v) is 27.6. The third-order valence-corrected chi connectivity index (χ3v) is 20.9. The van der Waals surface area contributed by atoms with Gasteiger partial charge < -0.3 is 9.47 Å². The Kier molecular flexibility index (Phi) is 27.3. The molecule has 8 heteroatoms. The van der Waals surface area contributed by atoms with Crippen molar-refractivity contribution in [3.8, 4) is 0 Å². The van der Waals surface area contributed by atoms with Crippen molar-refractivity contribution in [3.63, 3.8) is 0 Å². The Bertz CT molecular complexity index is 334. The fourth-order valence-electron chi connectivity index (χ4n) is 4.43. The highest BCUT2D eigenvalue weighted by Gasteiger charge is 2.23. The van der Waals surface area contributed by atoms with E-state index in [9.17, 15) is 0 Å². The SMILES string of the molecule is CCCC[SiH](CCCC)C(CCSSSSCCC(OC)[SiH](CCCC)CCCC)OC. The molecule has 0 saturated heterocycles. The molecule has 0 saturated carbocycles. The highest BCUT2D eigenvalue weighted by Crippen LogP contribution is 2.43. The van der Waals surface area contributed by atoms with Gasteiger partial charge in [-0.1, -0.05) is 125 Å². The van der Waals surface area contributed by atoms with Crippen LogP contribution in [-0.2, 0) is 9.47 Å². The van der Waals surface area contributed by atoms with E-state index in [1.807, 2.05) is 55.5 Å². The van der Waals surface area contributed by atoms with E-state index < -0.39 is 17.6 Å². The molecule has 0 amide bonds. The second-order valence-electron chi connectivity index (χ2n) is 8.99. The Morgan fingerprint density at radius 3 is 1.12 bits per heavy atom. The van der Waals surface area contributed by atoms with Gasteiger partial charge in [-0.15, -0.1) is 0 Å². The summed E-state index contributed by atoms with van der Waals surface area (Å²) >= 11 is 0. The average Bonchev–Trinajstić information content (AvgIpc) is 2.82. The molecule has 0 aromatic rings. The number of rotatable bonds is 25. The van der Waals surface area contributed by atoms with Crippen molar-refractivity contribution in [1.29, 1.82) is 0 Å². The minimum absolute atomic E-state index is 0.578. The van der Waals surface area contributed by atoms with Gasteiger partial charge in [0.05, 0.1) is 17.6 Å². The molecule has 0 radical (unpaired) electrons. The van der Waals surface area contributed by atoms with Gasteiger partial charge in [0.15, 0.2) is 0 Å². The normalized spacial score (nSPS) is 13.9. The van der Waals surface area contributed by atoms with Crippen LogP contribution >= 0.6 is 41.2 Å². The first kappa shape index (κ1) is 33.8. The van der Waals surface area contributed by atoms with Crippen molar-refractivity contribution < 1.29 is 9.47 Å². The quantitative estimate of drug-likeness (QED) is 0.0627. The second kappa shape index (κ2) is 25.8. The minimum atomic E-state index is -0.763. The first-order valence-electron chi connectivity index (χ1n) is 13.3. The maximum absolute atomic E-state index is 5.99. The van der Waals surface area contributed by atoms with Gasteiger partial charge in [0, 0.05) is 37.2 Å². The second-order valence-corrected chi connectivity index (χ2v) is 22.1. The van der Waals surface area contributed by atoms with Crippen LogP contribution in [0.15, 0.2) is 0 Å². The van der Waals surface area contributed by atoms with Crippen LogP contribution in [0.2, 0.25) is 24.2 Å². The van der Waals surface area contributed by atoms with E-state index >= 15 is 0 Å².